The summed E-state index contributed by atoms with van der Waals surface area (Å²) in [6.45, 7) is 5.72. The highest BCUT2D eigenvalue weighted by atomic mass is 35.5. The standard InChI is InChI=1S/C18H25N5O2.ClH/c1-2-25-13-15-5-3-14(4-6-15)11-20-18(24)17-12-23(22-21-17)16-7-9-19-10-8-16;/h3-6,12,16,19H,2,7-11,13H2,1H3,(H,20,24);1H. The number of hydrogen-bond donors (Lipinski definition) is 2. The lowest BCUT2D eigenvalue weighted by atomic mass is 10.1. The van der Waals surface area contributed by atoms with Crippen LogP contribution in [-0.4, -0.2) is 40.6 Å². The van der Waals surface area contributed by atoms with Gasteiger partial charge in [0.25, 0.3) is 5.91 Å². The summed E-state index contributed by atoms with van der Waals surface area (Å²) in [6, 6.07) is 8.36. The molecule has 0 spiro atoms. The van der Waals surface area contributed by atoms with Gasteiger partial charge in [-0.2, -0.15) is 0 Å². The van der Waals surface area contributed by atoms with E-state index >= 15 is 0 Å². The molecule has 8 heteroatoms. The molecule has 1 aliphatic heterocycles. The van der Waals surface area contributed by atoms with Crippen molar-refractivity contribution in [1.82, 2.24) is 25.6 Å². The van der Waals surface area contributed by atoms with Gasteiger partial charge in [0, 0.05) is 13.2 Å². The number of amides is 1. The fourth-order valence-corrected chi connectivity index (χ4v) is 2.88. The van der Waals surface area contributed by atoms with Crippen LogP contribution in [0.5, 0.6) is 0 Å². The molecular weight excluding hydrogens is 354 g/mol. The third-order valence-corrected chi connectivity index (χ3v) is 4.37. The molecule has 1 aromatic carbocycles. The van der Waals surface area contributed by atoms with Crippen molar-refractivity contribution in [2.24, 2.45) is 0 Å². The molecule has 2 aromatic rings. The van der Waals surface area contributed by atoms with E-state index in [0.29, 0.717) is 31.5 Å². The summed E-state index contributed by atoms with van der Waals surface area (Å²) < 4.78 is 7.19. The maximum absolute atomic E-state index is 12.3. The van der Waals surface area contributed by atoms with E-state index in [-0.39, 0.29) is 18.3 Å². The summed E-state index contributed by atoms with van der Waals surface area (Å²) in [5.74, 6) is -0.196. The van der Waals surface area contributed by atoms with Crippen LogP contribution < -0.4 is 10.6 Å². The van der Waals surface area contributed by atoms with Crippen molar-refractivity contribution in [3.8, 4) is 0 Å². The number of nitrogens with one attached hydrogen (secondary N) is 2. The van der Waals surface area contributed by atoms with Crippen molar-refractivity contribution in [3.63, 3.8) is 0 Å². The van der Waals surface area contributed by atoms with Gasteiger partial charge in [-0.25, -0.2) is 4.68 Å². The van der Waals surface area contributed by atoms with Gasteiger partial charge in [0.15, 0.2) is 5.69 Å². The van der Waals surface area contributed by atoms with E-state index in [4.69, 9.17) is 4.74 Å². The van der Waals surface area contributed by atoms with Crippen LogP contribution in [0.2, 0.25) is 0 Å². The molecule has 3 rings (SSSR count). The Labute approximate surface area is 159 Å². The van der Waals surface area contributed by atoms with Crippen molar-refractivity contribution in [3.05, 3.63) is 47.3 Å². The van der Waals surface area contributed by atoms with Crippen LogP contribution in [0.25, 0.3) is 0 Å². The van der Waals surface area contributed by atoms with Gasteiger partial charge in [-0.15, -0.1) is 17.5 Å². The van der Waals surface area contributed by atoms with Gasteiger partial charge >= 0.3 is 0 Å². The molecular formula is C18H26ClN5O2. The Morgan fingerprint density at radius 3 is 2.65 bits per heavy atom. The second-order valence-electron chi connectivity index (χ2n) is 6.20. The first-order chi connectivity index (χ1) is 12.3. The first kappa shape index (κ1) is 20.4. The number of ether oxygens (including phenoxy) is 1. The van der Waals surface area contributed by atoms with Crippen molar-refractivity contribution < 1.29 is 9.53 Å². The SMILES string of the molecule is CCOCc1ccc(CNC(=O)c2cn(C3CCNCC3)nn2)cc1.Cl. The van der Waals surface area contributed by atoms with E-state index in [0.717, 1.165) is 37.1 Å². The maximum Gasteiger partial charge on any atom is 0.273 e. The number of carbonyl (C=O) groups excluding carboxylic acids is 1. The summed E-state index contributed by atoms with van der Waals surface area (Å²) in [6.07, 6.45) is 3.77. The van der Waals surface area contributed by atoms with Crippen molar-refractivity contribution in [1.29, 1.82) is 0 Å². The van der Waals surface area contributed by atoms with E-state index in [2.05, 4.69) is 20.9 Å². The molecule has 0 bridgehead atoms. The minimum atomic E-state index is -0.196. The molecule has 0 saturated carbocycles. The van der Waals surface area contributed by atoms with Crippen LogP contribution >= 0.6 is 12.4 Å². The van der Waals surface area contributed by atoms with E-state index in [1.54, 1.807) is 6.20 Å². The third-order valence-electron chi connectivity index (χ3n) is 4.37. The molecule has 0 aliphatic carbocycles. The van der Waals surface area contributed by atoms with Gasteiger partial charge in [0.05, 0.1) is 18.8 Å². The Bertz CT molecular complexity index is 683. The molecule has 2 N–H and O–H groups in total. The highest BCUT2D eigenvalue weighted by molar-refractivity contribution is 5.91. The predicted molar refractivity (Wildman–Crippen MR) is 101 cm³/mol. The molecule has 7 nitrogen and oxygen atoms in total. The molecule has 1 saturated heterocycles. The summed E-state index contributed by atoms with van der Waals surface area (Å²) >= 11 is 0. The molecule has 1 aliphatic rings. The zero-order valence-electron chi connectivity index (χ0n) is 15.0. The number of halogens is 1. The molecule has 0 atom stereocenters. The molecule has 2 heterocycles. The van der Waals surface area contributed by atoms with Gasteiger partial charge in [0.1, 0.15) is 0 Å². The van der Waals surface area contributed by atoms with Gasteiger partial charge in [-0.1, -0.05) is 29.5 Å². The smallest absolute Gasteiger partial charge is 0.273 e. The largest absolute Gasteiger partial charge is 0.377 e. The number of rotatable bonds is 7. The predicted octanol–water partition coefficient (Wildman–Crippen LogP) is 2.09. The fraction of sp³-hybridized carbons (Fsp3) is 0.500. The second kappa shape index (κ2) is 10.3. The monoisotopic (exact) mass is 379 g/mol. The van der Waals surface area contributed by atoms with Gasteiger partial charge in [-0.05, 0) is 44.0 Å². The Morgan fingerprint density at radius 1 is 1.27 bits per heavy atom. The van der Waals surface area contributed by atoms with E-state index in [9.17, 15) is 4.79 Å². The van der Waals surface area contributed by atoms with Crippen molar-refractivity contribution in [2.75, 3.05) is 19.7 Å². The lowest BCUT2D eigenvalue weighted by Gasteiger charge is -2.22. The topological polar surface area (TPSA) is 81.1 Å². The number of hydrogen-bond acceptors (Lipinski definition) is 5. The number of benzene rings is 1. The number of nitrogens with zero attached hydrogens (tertiary/aromatic N) is 3. The maximum atomic E-state index is 12.3. The number of carbonyl (C=O) groups is 1. The fourth-order valence-electron chi connectivity index (χ4n) is 2.88. The minimum absolute atomic E-state index is 0. The molecule has 0 unspecified atom stereocenters. The Kier molecular flexibility index (Phi) is 8.03. The van der Waals surface area contributed by atoms with E-state index in [1.807, 2.05) is 35.9 Å². The summed E-state index contributed by atoms with van der Waals surface area (Å²) in [7, 11) is 0. The van der Waals surface area contributed by atoms with Gasteiger partial charge in [0.2, 0.25) is 0 Å². The third kappa shape index (κ3) is 5.52. The van der Waals surface area contributed by atoms with Crippen LogP contribution in [0, 0.1) is 0 Å². The molecule has 142 valence electrons. The van der Waals surface area contributed by atoms with Crippen LogP contribution in [-0.2, 0) is 17.9 Å². The molecule has 0 radical (unpaired) electrons. The zero-order valence-corrected chi connectivity index (χ0v) is 15.8. The Balaban J connectivity index is 0.00000243. The molecule has 1 fully saturated rings. The Morgan fingerprint density at radius 2 is 1.96 bits per heavy atom. The van der Waals surface area contributed by atoms with Crippen LogP contribution in [0.3, 0.4) is 0 Å². The number of piperidine rings is 1. The summed E-state index contributed by atoms with van der Waals surface area (Å²) in [5.41, 5.74) is 2.53. The number of aromatic nitrogens is 3. The first-order valence-electron chi connectivity index (χ1n) is 8.82. The lowest BCUT2D eigenvalue weighted by molar-refractivity contribution is 0.0945. The Hall–Kier alpha value is -1.96. The average molecular weight is 380 g/mol. The van der Waals surface area contributed by atoms with Crippen LogP contribution in [0.1, 0.15) is 47.4 Å². The highest BCUT2D eigenvalue weighted by Crippen LogP contribution is 2.17. The molecule has 26 heavy (non-hydrogen) atoms. The van der Waals surface area contributed by atoms with Crippen molar-refractivity contribution in [2.45, 2.75) is 39.0 Å². The quantitative estimate of drug-likeness (QED) is 0.769. The van der Waals surface area contributed by atoms with E-state index < -0.39 is 0 Å². The van der Waals surface area contributed by atoms with Crippen LogP contribution in [0.4, 0.5) is 0 Å². The molecule has 1 amide bonds. The lowest BCUT2D eigenvalue weighted by Crippen LogP contribution is -2.29. The summed E-state index contributed by atoms with van der Waals surface area (Å²) in [4.78, 5) is 12.3. The van der Waals surface area contributed by atoms with E-state index in [1.165, 1.54) is 0 Å². The summed E-state index contributed by atoms with van der Waals surface area (Å²) in [5, 5.41) is 14.4. The zero-order chi connectivity index (χ0) is 17.5. The molecule has 1 aromatic heterocycles. The normalized spacial score (nSPS) is 14.7. The first-order valence-corrected chi connectivity index (χ1v) is 8.82. The average Bonchev–Trinajstić information content (AvgIpc) is 3.16. The van der Waals surface area contributed by atoms with Crippen molar-refractivity contribution >= 4 is 18.3 Å². The van der Waals surface area contributed by atoms with Gasteiger partial charge < -0.3 is 15.4 Å². The second-order valence-corrected chi connectivity index (χ2v) is 6.20. The minimum Gasteiger partial charge on any atom is -0.377 e. The highest BCUT2D eigenvalue weighted by Gasteiger charge is 2.18. The van der Waals surface area contributed by atoms with Crippen LogP contribution in [0.15, 0.2) is 30.5 Å². The van der Waals surface area contributed by atoms with Gasteiger partial charge in [-0.3, -0.25) is 4.79 Å².